The Morgan fingerprint density at radius 1 is 1.12 bits per heavy atom. The molecule has 1 unspecified atom stereocenters. The summed E-state index contributed by atoms with van der Waals surface area (Å²) in [5.41, 5.74) is 2.20. The Morgan fingerprint density at radius 2 is 1.72 bits per heavy atom. The molecule has 2 N–H and O–H groups in total. The van der Waals surface area contributed by atoms with Crippen LogP contribution in [0, 0.1) is 0 Å². The van der Waals surface area contributed by atoms with Gasteiger partial charge in [-0.1, -0.05) is 19.1 Å². The number of imide groups is 1. The van der Waals surface area contributed by atoms with Crippen LogP contribution >= 0.6 is 0 Å². The number of hydrogen-bond donors (Lipinski definition) is 2. The van der Waals surface area contributed by atoms with Crippen molar-refractivity contribution in [3.8, 4) is 5.75 Å². The van der Waals surface area contributed by atoms with Crippen molar-refractivity contribution in [1.82, 2.24) is 25.6 Å². The zero-order valence-corrected chi connectivity index (χ0v) is 17.9. The highest BCUT2D eigenvalue weighted by Crippen LogP contribution is 2.23. The number of hydrazine groups is 1. The van der Waals surface area contributed by atoms with Crippen molar-refractivity contribution in [2.24, 2.45) is 0 Å². The zero-order chi connectivity index (χ0) is 23.5. The van der Waals surface area contributed by atoms with Crippen molar-refractivity contribution < 1.29 is 32.3 Å². The van der Waals surface area contributed by atoms with Gasteiger partial charge in [-0.25, -0.2) is 4.79 Å². The van der Waals surface area contributed by atoms with E-state index in [-0.39, 0.29) is 12.3 Å². The van der Waals surface area contributed by atoms with Crippen molar-refractivity contribution >= 4 is 17.8 Å². The maximum Gasteiger partial charge on any atom is 0.573 e. The molecule has 9 nitrogen and oxygen atoms in total. The molecular weight excluding hydrogens is 431 g/mol. The highest BCUT2D eigenvalue weighted by atomic mass is 19.4. The van der Waals surface area contributed by atoms with Gasteiger partial charge in [0.05, 0.1) is 6.54 Å². The van der Waals surface area contributed by atoms with Gasteiger partial charge in [-0.3, -0.25) is 24.8 Å². The molecule has 0 aromatic heterocycles. The summed E-state index contributed by atoms with van der Waals surface area (Å²) in [5.74, 6) is -1.21. The summed E-state index contributed by atoms with van der Waals surface area (Å²) in [5, 5.41) is 3.30. The molecule has 2 saturated heterocycles. The van der Waals surface area contributed by atoms with E-state index in [0.29, 0.717) is 39.1 Å². The largest absolute Gasteiger partial charge is 0.573 e. The van der Waals surface area contributed by atoms with Gasteiger partial charge in [0.1, 0.15) is 11.3 Å². The Bertz CT molecular complexity index is 856. The first-order chi connectivity index (χ1) is 15.0. The maximum absolute atomic E-state index is 12.3. The first-order valence-corrected chi connectivity index (χ1v) is 10.2. The molecule has 176 valence electrons. The smallest absolute Gasteiger partial charge is 0.406 e. The van der Waals surface area contributed by atoms with Gasteiger partial charge >= 0.3 is 12.4 Å². The van der Waals surface area contributed by atoms with Crippen LogP contribution < -0.4 is 15.5 Å². The van der Waals surface area contributed by atoms with Gasteiger partial charge in [-0.05, 0) is 31.0 Å². The SMILES string of the molecule is CCC1(C)NC(=O)N(NC(=O)CN2CCN(Cc3ccc(OC(F)(F)F)cc3)CC2)C1=O. The quantitative estimate of drug-likeness (QED) is 0.602. The third kappa shape index (κ3) is 5.88. The van der Waals surface area contributed by atoms with Crippen LogP contribution in [-0.4, -0.2) is 77.3 Å². The second kappa shape index (κ2) is 9.33. The van der Waals surface area contributed by atoms with E-state index in [4.69, 9.17) is 0 Å². The molecule has 0 bridgehead atoms. The Hall–Kier alpha value is -2.86. The number of carbonyl (C=O) groups is 3. The predicted octanol–water partition coefficient (Wildman–Crippen LogP) is 1.45. The molecule has 12 heteroatoms. The molecule has 3 rings (SSSR count). The fraction of sp³-hybridized carbons (Fsp3) is 0.550. The minimum Gasteiger partial charge on any atom is -0.406 e. The van der Waals surface area contributed by atoms with Gasteiger partial charge in [0.15, 0.2) is 0 Å². The molecule has 2 fully saturated rings. The van der Waals surface area contributed by atoms with Crippen LogP contribution in [0.4, 0.5) is 18.0 Å². The molecule has 2 aliphatic rings. The number of ether oxygens (including phenoxy) is 1. The topological polar surface area (TPSA) is 94.2 Å². The van der Waals surface area contributed by atoms with Crippen LogP contribution in [0.1, 0.15) is 25.8 Å². The molecule has 0 radical (unpaired) electrons. The molecule has 0 saturated carbocycles. The van der Waals surface area contributed by atoms with Crippen LogP contribution in [0.25, 0.3) is 0 Å². The van der Waals surface area contributed by atoms with E-state index in [1.54, 1.807) is 26.0 Å². The third-order valence-corrected chi connectivity index (χ3v) is 5.60. The number of nitrogens with zero attached hydrogens (tertiary/aromatic N) is 3. The second-order valence-electron chi connectivity index (χ2n) is 8.04. The molecule has 0 aliphatic carbocycles. The molecule has 1 aromatic carbocycles. The summed E-state index contributed by atoms with van der Waals surface area (Å²) >= 11 is 0. The van der Waals surface area contributed by atoms with Crippen LogP contribution in [0.15, 0.2) is 24.3 Å². The summed E-state index contributed by atoms with van der Waals surface area (Å²) in [6.07, 6.45) is -4.31. The van der Waals surface area contributed by atoms with Gasteiger partial charge in [-0.15, -0.1) is 13.2 Å². The summed E-state index contributed by atoms with van der Waals surface area (Å²) in [6, 6.07) is 5.08. The fourth-order valence-electron chi connectivity index (χ4n) is 3.55. The van der Waals surface area contributed by atoms with Gasteiger partial charge in [-0.2, -0.15) is 5.01 Å². The Balaban J connectivity index is 1.42. The number of carbonyl (C=O) groups excluding carboxylic acids is 3. The first-order valence-electron chi connectivity index (χ1n) is 10.2. The van der Waals surface area contributed by atoms with Crippen LogP contribution in [0.2, 0.25) is 0 Å². The van der Waals surface area contributed by atoms with E-state index in [0.717, 1.165) is 10.6 Å². The minimum absolute atomic E-state index is 0.0389. The molecule has 2 aliphatic heterocycles. The zero-order valence-electron chi connectivity index (χ0n) is 17.9. The number of benzene rings is 1. The highest BCUT2D eigenvalue weighted by Gasteiger charge is 2.47. The number of hydrogen-bond acceptors (Lipinski definition) is 6. The number of urea groups is 1. The number of alkyl halides is 3. The van der Waals surface area contributed by atoms with E-state index < -0.39 is 29.7 Å². The van der Waals surface area contributed by atoms with Crippen LogP contribution in [-0.2, 0) is 16.1 Å². The van der Waals surface area contributed by atoms with E-state index in [1.807, 2.05) is 4.90 Å². The van der Waals surface area contributed by atoms with E-state index in [2.05, 4.69) is 20.4 Å². The van der Waals surface area contributed by atoms with Crippen molar-refractivity contribution in [1.29, 1.82) is 0 Å². The first kappa shape index (κ1) is 23.8. The maximum atomic E-state index is 12.3. The lowest BCUT2D eigenvalue weighted by Gasteiger charge is -2.34. The summed E-state index contributed by atoms with van der Waals surface area (Å²) in [6.45, 7) is 6.48. The average Bonchev–Trinajstić information content (AvgIpc) is 2.93. The Morgan fingerprint density at radius 3 is 2.25 bits per heavy atom. The second-order valence-corrected chi connectivity index (χ2v) is 8.04. The average molecular weight is 457 g/mol. The Kier molecular flexibility index (Phi) is 6.94. The number of piperazine rings is 1. The van der Waals surface area contributed by atoms with E-state index in [1.165, 1.54) is 12.1 Å². The Labute approximate surface area is 183 Å². The molecule has 1 aromatic rings. The normalized spacial score (nSPS) is 22.7. The van der Waals surface area contributed by atoms with Gasteiger partial charge in [0.2, 0.25) is 0 Å². The molecule has 1 atom stereocenters. The molecule has 0 spiro atoms. The highest BCUT2D eigenvalue weighted by molar-refractivity contribution is 6.07. The molecule has 32 heavy (non-hydrogen) atoms. The van der Waals surface area contributed by atoms with Crippen molar-refractivity contribution in [3.63, 3.8) is 0 Å². The summed E-state index contributed by atoms with van der Waals surface area (Å²) in [7, 11) is 0. The third-order valence-electron chi connectivity index (χ3n) is 5.60. The van der Waals surface area contributed by atoms with E-state index in [9.17, 15) is 27.6 Å². The lowest BCUT2D eigenvalue weighted by Crippen LogP contribution is -2.53. The van der Waals surface area contributed by atoms with Crippen LogP contribution in [0.3, 0.4) is 0 Å². The lowest BCUT2D eigenvalue weighted by molar-refractivity contribution is -0.274. The van der Waals surface area contributed by atoms with Gasteiger partial charge in [0.25, 0.3) is 11.8 Å². The van der Waals surface area contributed by atoms with Crippen LogP contribution in [0.5, 0.6) is 5.75 Å². The van der Waals surface area contributed by atoms with Crippen molar-refractivity contribution in [3.05, 3.63) is 29.8 Å². The number of nitrogens with one attached hydrogen (secondary N) is 2. The van der Waals surface area contributed by atoms with Crippen molar-refractivity contribution in [2.45, 2.75) is 38.7 Å². The van der Waals surface area contributed by atoms with Gasteiger partial charge in [0, 0.05) is 32.7 Å². The standard InChI is InChI=1S/C20H26F3N5O4/c1-3-19(2)17(30)28(18(31)24-19)25-16(29)13-27-10-8-26(9-11-27)12-14-4-6-15(7-5-14)32-20(21,22)23/h4-7H,3,8-13H2,1-2H3,(H,24,31)(H,25,29). The van der Waals surface area contributed by atoms with Gasteiger partial charge < -0.3 is 10.1 Å². The summed E-state index contributed by atoms with van der Waals surface area (Å²) in [4.78, 5) is 40.7. The van der Waals surface area contributed by atoms with E-state index >= 15 is 0 Å². The molecular formula is C20H26F3N5O4. The number of halogens is 3. The number of amides is 4. The molecule has 2 heterocycles. The van der Waals surface area contributed by atoms with Crippen molar-refractivity contribution in [2.75, 3.05) is 32.7 Å². The summed E-state index contributed by atoms with van der Waals surface area (Å²) < 4.78 is 40.6. The molecule has 4 amide bonds. The number of rotatable bonds is 7. The predicted molar refractivity (Wildman–Crippen MR) is 107 cm³/mol. The fourth-order valence-corrected chi connectivity index (χ4v) is 3.55. The minimum atomic E-state index is -4.72. The monoisotopic (exact) mass is 457 g/mol. The lowest BCUT2D eigenvalue weighted by atomic mass is 10.00.